The molecule has 1 aliphatic rings. The van der Waals surface area contributed by atoms with Crippen LogP contribution in [0, 0.1) is 0 Å². The van der Waals surface area contributed by atoms with Crippen LogP contribution in [-0.2, 0) is 24.2 Å². The van der Waals surface area contributed by atoms with E-state index in [0.717, 1.165) is 0 Å². The summed E-state index contributed by atoms with van der Waals surface area (Å²) in [5.74, 6) is -0.387. The van der Waals surface area contributed by atoms with E-state index >= 15 is 0 Å². The normalized spacial score (nSPS) is 14.3. The molecule has 12 heteroatoms. The van der Waals surface area contributed by atoms with Crippen LogP contribution in [0.15, 0.2) is 47.4 Å². The van der Waals surface area contributed by atoms with E-state index in [1.54, 1.807) is 24.3 Å². The SMILES string of the molecule is COCCOC(=O)Nc1cccc(NC(=O)c2ccc(OC)c(S(=O)(=O)N3CCOCC3)c2)c1. The summed E-state index contributed by atoms with van der Waals surface area (Å²) in [6, 6.07) is 10.7. The highest BCUT2D eigenvalue weighted by molar-refractivity contribution is 7.89. The Morgan fingerprint density at radius 3 is 2.38 bits per heavy atom. The first-order valence-corrected chi connectivity index (χ1v) is 11.9. The van der Waals surface area contributed by atoms with Crippen LogP contribution in [0.3, 0.4) is 0 Å². The first-order valence-electron chi connectivity index (χ1n) is 10.4. The van der Waals surface area contributed by atoms with Gasteiger partial charge in [0.25, 0.3) is 5.91 Å². The molecule has 0 saturated carbocycles. The number of carbonyl (C=O) groups excluding carboxylic acids is 2. The Hall–Kier alpha value is -3.19. The first-order chi connectivity index (χ1) is 16.3. The fraction of sp³-hybridized carbons (Fsp3) is 0.364. The second kappa shape index (κ2) is 11.8. The lowest BCUT2D eigenvalue weighted by Crippen LogP contribution is -2.40. The van der Waals surface area contributed by atoms with Gasteiger partial charge in [-0.15, -0.1) is 0 Å². The van der Waals surface area contributed by atoms with E-state index in [1.807, 2.05) is 0 Å². The maximum absolute atomic E-state index is 13.1. The van der Waals surface area contributed by atoms with Crippen molar-refractivity contribution >= 4 is 33.4 Å². The molecule has 1 aliphatic heterocycles. The minimum Gasteiger partial charge on any atom is -0.495 e. The number of benzene rings is 2. The largest absolute Gasteiger partial charge is 0.495 e. The number of hydrogen-bond acceptors (Lipinski definition) is 8. The summed E-state index contributed by atoms with van der Waals surface area (Å²) in [6.07, 6.45) is -0.659. The van der Waals surface area contributed by atoms with Gasteiger partial charge in [0.1, 0.15) is 17.3 Å². The van der Waals surface area contributed by atoms with Crippen molar-refractivity contribution in [2.24, 2.45) is 0 Å². The number of nitrogens with one attached hydrogen (secondary N) is 2. The smallest absolute Gasteiger partial charge is 0.411 e. The molecule has 34 heavy (non-hydrogen) atoms. The number of sulfonamides is 1. The maximum Gasteiger partial charge on any atom is 0.411 e. The van der Waals surface area contributed by atoms with Crippen LogP contribution < -0.4 is 15.4 Å². The van der Waals surface area contributed by atoms with E-state index in [2.05, 4.69) is 10.6 Å². The third-order valence-corrected chi connectivity index (χ3v) is 6.82. The average Bonchev–Trinajstić information content (AvgIpc) is 2.84. The lowest BCUT2D eigenvalue weighted by molar-refractivity contribution is 0.0729. The van der Waals surface area contributed by atoms with Crippen LogP contribution in [0.25, 0.3) is 0 Å². The molecule has 0 unspecified atom stereocenters. The van der Waals surface area contributed by atoms with Gasteiger partial charge in [0.2, 0.25) is 10.0 Å². The average molecular weight is 494 g/mol. The molecule has 1 heterocycles. The van der Waals surface area contributed by atoms with Gasteiger partial charge in [-0.25, -0.2) is 13.2 Å². The Morgan fingerprint density at radius 1 is 1.00 bits per heavy atom. The molecule has 2 aromatic carbocycles. The maximum atomic E-state index is 13.1. The minimum atomic E-state index is -3.89. The molecule has 3 rings (SSSR count). The fourth-order valence-corrected chi connectivity index (χ4v) is 4.78. The second-order valence-corrected chi connectivity index (χ2v) is 9.08. The van der Waals surface area contributed by atoms with E-state index in [0.29, 0.717) is 24.6 Å². The Bertz CT molecular complexity index is 1120. The number of hydrogen-bond donors (Lipinski definition) is 2. The number of ether oxygens (including phenoxy) is 4. The van der Waals surface area contributed by atoms with Crippen molar-refractivity contribution in [1.29, 1.82) is 0 Å². The molecule has 1 saturated heterocycles. The third kappa shape index (κ3) is 6.44. The Morgan fingerprint density at radius 2 is 1.71 bits per heavy atom. The fourth-order valence-electron chi connectivity index (χ4n) is 3.20. The number of carbonyl (C=O) groups is 2. The number of anilines is 2. The van der Waals surface area contributed by atoms with Crippen molar-refractivity contribution in [3.8, 4) is 5.75 Å². The molecular weight excluding hydrogens is 466 g/mol. The van der Waals surface area contributed by atoms with Gasteiger partial charge in [-0.2, -0.15) is 4.31 Å². The number of rotatable bonds is 9. The lowest BCUT2D eigenvalue weighted by Gasteiger charge is -2.26. The van der Waals surface area contributed by atoms with Crippen molar-refractivity contribution in [2.75, 3.05) is 64.4 Å². The molecule has 2 amide bonds. The van der Waals surface area contributed by atoms with Crippen LogP contribution in [0.4, 0.5) is 16.2 Å². The van der Waals surface area contributed by atoms with E-state index in [9.17, 15) is 18.0 Å². The van der Waals surface area contributed by atoms with Crippen LogP contribution in [-0.4, -0.2) is 78.5 Å². The number of nitrogens with zero attached hydrogens (tertiary/aromatic N) is 1. The predicted octanol–water partition coefficient (Wildman–Crippen LogP) is 2.16. The lowest BCUT2D eigenvalue weighted by atomic mass is 10.2. The van der Waals surface area contributed by atoms with Gasteiger partial charge in [-0.05, 0) is 36.4 Å². The zero-order chi connectivity index (χ0) is 24.6. The molecule has 0 aliphatic carbocycles. The standard InChI is InChI=1S/C22H27N3O8S/c1-30-12-13-33-22(27)24-18-5-3-4-17(15-18)23-21(26)16-6-7-19(31-2)20(14-16)34(28,29)25-8-10-32-11-9-25/h3-7,14-15H,8-13H2,1-2H3,(H,23,26)(H,24,27). The molecule has 184 valence electrons. The molecule has 0 aromatic heterocycles. The molecule has 11 nitrogen and oxygen atoms in total. The van der Waals surface area contributed by atoms with Gasteiger partial charge >= 0.3 is 6.09 Å². The summed E-state index contributed by atoms with van der Waals surface area (Å²) >= 11 is 0. The monoisotopic (exact) mass is 493 g/mol. The number of methoxy groups -OCH3 is 2. The molecule has 0 atom stereocenters. The number of amides is 2. The van der Waals surface area contributed by atoms with Gasteiger partial charge < -0.3 is 24.3 Å². The van der Waals surface area contributed by atoms with Gasteiger partial charge in [-0.1, -0.05) is 6.07 Å². The topological polar surface area (TPSA) is 132 Å². The van der Waals surface area contributed by atoms with Crippen molar-refractivity contribution in [2.45, 2.75) is 4.90 Å². The summed E-state index contributed by atoms with van der Waals surface area (Å²) in [5.41, 5.74) is 0.934. The summed E-state index contributed by atoms with van der Waals surface area (Å²) in [4.78, 5) is 24.6. The highest BCUT2D eigenvalue weighted by Gasteiger charge is 2.30. The highest BCUT2D eigenvalue weighted by Crippen LogP contribution is 2.29. The Balaban J connectivity index is 1.75. The second-order valence-electron chi connectivity index (χ2n) is 7.17. The van der Waals surface area contributed by atoms with Gasteiger partial charge in [0.05, 0.1) is 26.9 Å². The Kier molecular flexibility index (Phi) is 8.82. The van der Waals surface area contributed by atoms with Crippen molar-refractivity contribution in [3.63, 3.8) is 0 Å². The van der Waals surface area contributed by atoms with Gasteiger partial charge in [0.15, 0.2) is 0 Å². The molecule has 0 bridgehead atoms. The van der Waals surface area contributed by atoms with Crippen molar-refractivity contribution in [1.82, 2.24) is 4.31 Å². The quantitative estimate of drug-likeness (QED) is 0.508. The highest BCUT2D eigenvalue weighted by atomic mass is 32.2. The molecular formula is C22H27N3O8S. The summed E-state index contributed by atoms with van der Waals surface area (Å²) < 4.78 is 47.8. The molecule has 1 fully saturated rings. The number of morpholine rings is 1. The van der Waals surface area contributed by atoms with Gasteiger partial charge in [0, 0.05) is 37.1 Å². The summed E-state index contributed by atoms with van der Waals surface area (Å²) in [5, 5.41) is 5.25. The molecule has 0 radical (unpaired) electrons. The van der Waals surface area contributed by atoms with E-state index in [-0.39, 0.29) is 42.5 Å². The van der Waals surface area contributed by atoms with Crippen molar-refractivity contribution < 1.29 is 37.0 Å². The van der Waals surface area contributed by atoms with Crippen molar-refractivity contribution in [3.05, 3.63) is 48.0 Å². The third-order valence-electron chi connectivity index (χ3n) is 4.90. The van der Waals surface area contributed by atoms with Gasteiger partial charge in [-0.3, -0.25) is 10.1 Å². The van der Waals surface area contributed by atoms with E-state index < -0.39 is 22.0 Å². The van der Waals surface area contributed by atoms with E-state index in [4.69, 9.17) is 18.9 Å². The van der Waals surface area contributed by atoms with Crippen LogP contribution in [0.2, 0.25) is 0 Å². The van der Waals surface area contributed by atoms with Crippen LogP contribution >= 0.6 is 0 Å². The summed E-state index contributed by atoms with van der Waals surface area (Å²) in [7, 11) is -1.02. The summed E-state index contributed by atoms with van der Waals surface area (Å²) in [6.45, 7) is 1.41. The van der Waals surface area contributed by atoms with E-state index in [1.165, 1.54) is 36.7 Å². The zero-order valence-electron chi connectivity index (χ0n) is 18.9. The minimum absolute atomic E-state index is 0.0984. The Labute approximate surface area is 198 Å². The first kappa shape index (κ1) is 25.4. The van der Waals surface area contributed by atoms with Crippen LogP contribution in [0.5, 0.6) is 5.75 Å². The zero-order valence-corrected chi connectivity index (χ0v) is 19.7. The molecule has 2 N–H and O–H groups in total. The van der Waals surface area contributed by atoms with Crippen LogP contribution in [0.1, 0.15) is 10.4 Å². The molecule has 2 aromatic rings. The molecule has 0 spiro atoms. The predicted molar refractivity (Wildman–Crippen MR) is 124 cm³/mol.